The van der Waals surface area contributed by atoms with Crippen molar-refractivity contribution in [3.05, 3.63) is 140 Å². The quantitative estimate of drug-likeness (QED) is 0.189. The molecule has 1 heterocycles. The highest BCUT2D eigenvalue weighted by atomic mass is 32.1. The largest absolute Gasteiger partial charge is 0.509 e. The van der Waals surface area contributed by atoms with Crippen LogP contribution in [-0.2, 0) is 0 Å². The SMILES string of the molecule is Bc1c(B)c(-c2c3ccccc3c(-c3ccc(-c4c(-c5ccccc5)ccc5sc6ccccc6c45)cc3)c3ccccc23)c(B)c(B)c1O. The first kappa shape index (κ1) is 30.6. The van der Waals surface area contributed by atoms with Crippen molar-refractivity contribution >= 4 is 106 Å². The van der Waals surface area contributed by atoms with Crippen LogP contribution in [0.2, 0.25) is 0 Å². The van der Waals surface area contributed by atoms with Crippen molar-refractivity contribution in [1.82, 2.24) is 0 Å². The molecule has 0 spiro atoms. The van der Waals surface area contributed by atoms with E-state index in [0.29, 0.717) is 5.75 Å². The standard InChI is InChI=1S/C44H32B4OS/c45-40-39(41(46)43(48)44(49)42(40)47)37-30-14-6-4-12-28(30)35(29-13-5-7-15-31(29)37)25-18-20-26(21-19-25)36-27(24-10-2-1-3-11-24)22-23-34-38(36)32-16-8-9-17-33(32)50-34/h1-23,49H,45-48H2. The molecule has 0 saturated heterocycles. The van der Waals surface area contributed by atoms with E-state index in [-0.39, 0.29) is 0 Å². The zero-order valence-corrected chi connectivity index (χ0v) is 29.5. The van der Waals surface area contributed by atoms with E-state index in [1.165, 1.54) is 86.2 Å². The van der Waals surface area contributed by atoms with E-state index < -0.39 is 0 Å². The molecule has 9 aromatic rings. The normalized spacial score (nSPS) is 11.6. The maximum absolute atomic E-state index is 10.9. The molecule has 50 heavy (non-hydrogen) atoms. The van der Waals surface area contributed by atoms with Crippen LogP contribution in [0.15, 0.2) is 140 Å². The van der Waals surface area contributed by atoms with Gasteiger partial charge in [-0.2, -0.15) is 0 Å². The van der Waals surface area contributed by atoms with Crippen LogP contribution in [-0.4, -0.2) is 36.5 Å². The summed E-state index contributed by atoms with van der Waals surface area (Å²) in [5, 5.41) is 18.5. The molecule has 232 valence electrons. The lowest BCUT2D eigenvalue weighted by Crippen LogP contribution is -2.42. The summed E-state index contributed by atoms with van der Waals surface area (Å²) in [5.41, 5.74) is 14.0. The Morgan fingerprint density at radius 1 is 0.360 bits per heavy atom. The molecule has 0 saturated carbocycles. The second-order valence-corrected chi connectivity index (χ2v) is 14.6. The molecule has 0 aliphatic rings. The molecule has 6 heteroatoms. The molecule has 0 radical (unpaired) electrons. The lowest BCUT2D eigenvalue weighted by molar-refractivity contribution is 0.484. The molecule has 1 aromatic heterocycles. The highest BCUT2D eigenvalue weighted by Crippen LogP contribution is 2.47. The van der Waals surface area contributed by atoms with Crippen molar-refractivity contribution in [2.24, 2.45) is 0 Å². The Morgan fingerprint density at radius 2 is 0.840 bits per heavy atom. The molecule has 0 amide bonds. The van der Waals surface area contributed by atoms with E-state index in [2.05, 4.69) is 155 Å². The van der Waals surface area contributed by atoms with Gasteiger partial charge in [0.2, 0.25) is 0 Å². The molecule has 1 nitrogen and oxygen atoms in total. The molecule has 9 rings (SSSR count). The van der Waals surface area contributed by atoms with Crippen molar-refractivity contribution in [2.45, 2.75) is 0 Å². The van der Waals surface area contributed by atoms with Crippen LogP contribution in [0.1, 0.15) is 0 Å². The van der Waals surface area contributed by atoms with Gasteiger partial charge in [0.15, 0.2) is 0 Å². The van der Waals surface area contributed by atoms with Crippen molar-refractivity contribution in [3.63, 3.8) is 0 Å². The first-order chi connectivity index (χ1) is 24.4. The summed E-state index contributed by atoms with van der Waals surface area (Å²) in [6.45, 7) is 0. The average Bonchev–Trinajstić information content (AvgIpc) is 3.55. The Balaban J connectivity index is 1.31. The Labute approximate surface area is 299 Å². The van der Waals surface area contributed by atoms with Gasteiger partial charge < -0.3 is 5.11 Å². The minimum Gasteiger partial charge on any atom is -0.509 e. The van der Waals surface area contributed by atoms with E-state index >= 15 is 0 Å². The summed E-state index contributed by atoms with van der Waals surface area (Å²) in [7, 11) is 8.36. The number of hydrogen-bond donors (Lipinski definition) is 1. The predicted octanol–water partition coefficient (Wildman–Crippen LogP) is 5.77. The van der Waals surface area contributed by atoms with Crippen LogP contribution >= 0.6 is 11.3 Å². The zero-order valence-electron chi connectivity index (χ0n) is 28.6. The molecule has 0 aliphatic heterocycles. The van der Waals surface area contributed by atoms with Crippen molar-refractivity contribution in [3.8, 4) is 50.3 Å². The van der Waals surface area contributed by atoms with Crippen molar-refractivity contribution in [2.75, 3.05) is 0 Å². The zero-order chi connectivity index (χ0) is 34.1. The number of phenolic OH excluding ortho intramolecular Hbond substituents is 1. The fraction of sp³-hybridized carbons (Fsp3) is 0. The predicted molar refractivity (Wildman–Crippen MR) is 230 cm³/mol. The van der Waals surface area contributed by atoms with Gasteiger partial charge in [-0.25, -0.2) is 0 Å². The number of hydrogen-bond acceptors (Lipinski definition) is 2. The van der Waals surface area contributed by atoms with Crippen LogP contribution < -0.4 is 21.9 Å². The second kappa shape index (κ2) is 11.9. The van der Waals surface area contributed by atoms with Crippen LogP contribution in [0.25, 0.3) is 86.2 Å². The summed E-state index contributed by atoms with van der Waals surface area (Å²) in [4.78, 5) is 0. The van der Waals surface area contributed by atoms with Crippen LogP contribution in [0.4, 0.5) is 0 Å². The Kier molecular flexibility index (Phi) is 7.26. The summed E-state index contributed by atoms with van der Waals surface area (Å²) in [5.74, 6) is 0.399. The van der Waals surface area contributed by atoms with E-state index in [1.54, 1.807) is 0 Å². The molecule has 8 aromatic carbocycles. The molecule has 0 fully saturated rings. The minimum absolute atomic E-state index is 0.399. The number of phenols is 1. The van der Waals surface area contributed by atoms with Gasteiger partial charge in [-0.15, -0.1) is 11.3 Å². The van der Waals surface area contributed by atoms with Gasteiger partial charge in [-0.1, -0.05) is 149 Å². The minimum atomic E-state index is 0.399. The van der Waals surface area contributed by atoms with Gasteiger partial charge in [-0.3, -0.25) is 0 Å². The number of benzene rings is 8. The Bertz CT molecular complexity index is 2720. The highest BCUT2D eigenvalue weighted by molar-refractivity contribution is 7.26. The molecule has 0 bridgehead atoms. The van der Waals surface area contributed by atoms with Gasteiger partial charge in [0.25, 0.3) is 0 Å². The maximum Gasteiger partial charge on any atom is 0.143 e. The first-order valence-corrected chi connectivity index (χ1v) is 18.1. The van der Waals surface area contributed by atoms with Crippen LogP contribution in [0, 0.1) is 0 Å². The van der Waals surface area contributed by atoms with E-state index in [9.17, 15) is 5.11 Å². The van der Waals surface area contributed by atoms with Crippen LogP contribution in [0.3, 0.4) is 0 Å². The molecular weight excluding hydrogens is 620 g/mol. The van der Waals surface area contributed by atoms with Gasteiger partial charge in [0.1, 0.15) is 37.1 Å². The van der Waals surface area contributed by atoms with Crippen LogP contribution in [0.5, 0.6) is 5.75 Å². The number of thiophene rings is 1. The molecule has 0 aliphatic carbocycles. The second-order valence-electron chi connectivity index (χ2n) is 13.5. The lowest BCUT2D eigenvalue weighted by atomic mass is 9.64. The molecular formula is C44H32B4OS. The summed E-state index contributed by atoms with van der Waals surface area (Å²) < 4.78 is 2.62. The van der Waals surface area contributed by atoms with Crippen molar-refractivity contribution in [1.29, 1.82) is 0 Å². The van der Waals surface area contributed by atoms with Gasteiger partial charge in [0.05, 0.1) is 0 Å². The highest BCUT2D eigenvalue weighted by Gasteiger charge is 2.22. The number of rotatable bonds is 4. The third-order valence-corrected chi connectivity index (χ3v) is 12.0. The Morgan fingerprint density at radius 3 is 1.42 bits per heavy atom. The average molecular weight is 652 g/mol. The lowest BCUT2D eigenvalue weighted by Gasteiger charge is -2.23. The Hall–Kier alpha value is -5.44. The third kappa shape index (κ3) is 4.59. The van der Waals surface area contributed by atoms with Gasteiger partial charge in [-0.05, 0) is 78.2 Å². The molecule has 0 atom stereocenters. The fourth-order valence-corrected chi connectivity index (χ4v) is 9.27. The fourth-order valence-electron chi connectivity index (χ4n) is 8.15. The van der Waals surface area contributed by atoms with Crippen molar-refractivity contribution < 1.29 is 5.11 Å². The first-order valence-electron chi connectivity index (χ1n) is 17.3. The van der Waals surface area contributed by atoms with Gasteiger partial charge >= 0.3 is 0 Å². The maximum atomic E-state index is 10.9. The van der Waals surface area contributed by atoms with E-state index in [1.807, 2.05) is 27.0 Å². The summed E-state index contributed by atoms with van der Waals surface area (Å²) >= 11 is 1.87. The van der Waals surface area contributed by atoms with Gasteiger partial charge in [0, 0.05) is 20.2 Å². The molecule has 1 N–H and O–H groups in total. The topological polar surface area (TPSA) is 20.2 Å². The van der Waals surface area contributed by atoms with E-state index in [0.717, 1.165) is 21.9 Å². The van der Waals surface area contributed by atoms with E-state index in [4.69, 9.17) is 0 Å². The third-order valence-electron chi connectivity index (χ3n) is 10.9. The monoisotopic (exact) mass is 652 g/mol. The number of aromatic hydroxyl groups is 1. The summed E-state index contributed by atoms with van der Waals surface area (Å²) in [6.07, 6.45) is 0. The number of fused-ring (bicyclic) bond motifs is 5. The summed E-state index contributed by atoms with van der Waals surface area (Å²) in [6, 6.07) is 51.1. The molecule has 0 unspecified atom stereocenters. The smallest absolute Gasteiger partial charge is 0.143 e.